The third-order valence-corrected chi connectivity index (χ3v) is 2.55. The Hall–Kier alpha value is -1.22. The molecule has 3 nitrogen and oxygen atoms in total. The lowest BCUT2D eigenvalue weighted by molar-refractivity contribution is 0.415. The number of rotatable bonds is 4. The Labute approximate surface area is 93.4 Å². The third-order valence-electron chi connectivity index (χ3n) is 2.29. The molecule has 4 heteroatoms. The number of aryl methyl sites for hydroxylation is 1. The molecule has 15 heavy (non-hydrogen) atoms. The van der Waals surface area contributed by atoms with Crippen LogP contribution in [0.5, 0.6) is 5.75 Å². The number of hydrogen-bond acceptors (Lipinski definition) is 2. The predicted molar refractivity (Wildman–Crippen MR) is 61.7 cm³/mol. The maximum atomic E-state index is 5.64. The number of aromatic amines is 1. The second kappa shape index (κ2) is 4.53. The number of aromatic nitrogens is 2. The molecule has 0 saturated heterocycles. The molecule has 2 aromatic rings. The zero-order chi connectivity index (χ0) is 10.7. The first kappa shape index (κ1) is 10.3. The van der Waals surface area contributed by atoms with Crippen molar-refractivity contribution < 1.29 is 4.74 Å². The number of imidazole rings is 1. The molecular weight excluding hydrogens is 212 g/mol. The molecular formula is C11H13ClN2O. The van der Waals surface area contributed by atoms with Gasteiger partial charge >= 0.3 is 0 Å². The summed E-state index contributed by atoms with van der Waals surface area (Å²) in [5.41, 5.74) is 1.99. The standard InChI is InChI=1S/C11H13ClN2O/c1-15-8-4-5-9-10(7-8)14-11(13-9)3-2-6-12/h4-5,7H,2-3,6H2,1H3,(H,13,14). The monoisotopic (exact) mass is 224 g/mol. The van der Waals surface area contributed by atoms with Crippen molar-refractivity contribution in [3.63, 3.8) is 0 Å². The molecule has 0 aliphatic heterocycles. The van der Waals surface area contributed by atoms with Crippen molar-refractivity contribution >= 4 is 22.6 Å². The summed E-state index contributed by atoms with van der Waals surface area (Å²) in [4.78, 5) is 7.71. The molecule has 0 radical (unpaired) electrons. The number of hydrogen-bond donors (Lipinski definition) is 1. The molecule has 1 N–H and O–H groups in total. The summed E-state index contributed by atoms with van der Waals surface area (Å²) in [5, 5.41) is 0. The molecule has 1 aromatic heterocycles. The van der Waals surface area contributed by atoms with Crippen molar-refractivity contribution in [2.45, 2.75) is 12.8 Å². The van der Waals surface area contributed by atoms with Gasteiger partial charge in [0.1, 0.15) is 11.6 Å². The van der Waals surface area contributed by atoms with E-state index in [1.807, 2.05) is 18.2 Å². The van der Waals surface area contributed by atoms with E-state index < -0.39 is 0 Å². The van der Waals surface area contributed by atoms with Gasteiger partial charge in [0.25, 0.3) is 0 Å². The van der Waals surface area contributed by atoms with Gasteiger partial charge in [0, 0.05) is 18.4 Å². The molecule has 0 aliphatic carbocycles. The third kappa shape index (κ3) is 2.23. The summed E-state index contributed by atoms with van der Waals surface area (Å²) < 4.78 is 5.14. The highest BCUT2D eigenvalue weighted by molar-refractivity contribution is 6.17. The van der Waals surface area contributed by atoms with Gasteiger partial charge in [-0.15, -0.1) is 11.6 Å². The number of fused-ring (bicyclic) bond motifs is 1. The van der Waals surface area contributed by atoms with Crippen LogP contribution in [-0.2, 0) is 6.42 Å². The maximum Gasteiger partial charge on any atom is 0.121 e. The van der Waals surface area contributed by atoms with Crippen LogP contribution in [-0.4, -0.2) is 23.0 Å². The van der Waals surface area contributed by atoms with E-state index in [9.17, 15) is 0 Å². The maximum absolute atomic E-state index is 5.64. The van der Waals surface area contributed by atoms with Crippen LogP contribution in [0.1, 0.15) is 12.2 Å². The van der Waals surface area contributed by atoms with E-state index in [-0.39, 0.29) is 0 Å². The Balaban J connectivity index is 2.29. The van der Waals surface area contributed by atoms with Gasteiger partial charge in [-0.05, 0) is 18.6 Å². The Morgan fingerprint density at radius 3 is 3.07 bits per heavy atom. The molecule has 0 fully saturated rings. The van der Waals surface area contributed by atoms with E-state index in [0.717, 1.165) is 35.4 Å². The van der Waals surface area contributed by atoms with Crippen LogP contribution in [0.2, 0.25) is 0 Å². The largest absolute Gasteiger partial charge is 0.497 e. The molecule has 0 saturated carbocycles. The lowest BCUT2D eigenvalue weighted by Gasteiger charge is -1.96. The second-order valence-electron chi connectivity index (χ2n) is 3.36. The number of methoxy groups -OCH3 is 1. The minimum Gasteiger partial charge on any atom is -0.497 e. The number of H-pyrrole nitrogens is 1. The average molecular weight is 225 g/mol. The molecule has 0 spiro atoms. The van der Waals surface area contributed by atoms with Gasteiger partial charge in [0.15, 0.2) is 0 Å². The molecule has 0 aliphatic rings. The van der Waals surface area contributed by atoms with E-state index >= 15 is 0 Å². The van der Waals surface area contributed by atoms with E-state index in [1.165, 1.54) is 0 Å². The number of nitrogens with zero attached hydrogens (tertiary/aromatic N) is 1. The minimum atomic E-state index is 0.667. The van der Waals surface area contributed by atoms with Crippen molar-refractivity contribution in [1.82, 2.24) is 9.97 Å². The van der Waals surface area contributed by atoms with E-state index in [4.69, 9.17) is 16.3 Å². The topological polar surface area (TPSA) is 37.9 Å². The quantitative estimate of drug-likeness (QED) is 0.811. The van der Waals surface area contributed by atoms with E-state index in [0.29, 0.717) is 5.88 Å². The highest BCUT2D eigenvalue weighted by atomic mass is 35.5. The second-order valence-corrected chi connectivity index (χ2v) is 3.74. The number of nitrogens with one attached hydrogen (secondary N) is 1. The number of ether oxygens (including phenoxy) is 1. The van der Waals surface area contributed by atoms with Crippen LogP contribution >= 0.6 is 11.6 Å². The van der Waals surface area contributed by atoms with Crippen molar-refractivity contribution in [1.29, 1.82) is 0 Å². The van der Waals surface area contributed by atoms with Gasteiger partial charge in [-0.3, -0.25) is 0 Å². The molecule has 0 bridgehead atoms. The van der Waals surface area contributed by atoms with Crippen molar-refractivity contribution in [3.05, 3.63) is 24.0 Å². The van der Waals surface area contributed by atoms with E-state index in [2.05, 4.69) is 9.97 Å². The minimum absolute atomic E-state index is 0.667. The number of benzene rings is 1. The molecule has 0 atom stereocenters. The van der Waals surface area contributed by atoms with Gasteiger partial charge in [-0.1, -0.05) is 0 Å². The summed E-state index contributed by atoms with van der Waals surface area (Å²) in [6.45, 7) is 0. The Morgan fingerprint density at radius 2 is 2.33 bits per heavy atom. The SMILES string of the molecule is COc1ccc2nc(CCCCl)[nH]c2c1. The van der Waals surface area contributed by atoms with Gasteiger partial charge in [0.2, 0.25) is 0 Å². The average Bonchev–Trinajstić information content (AvgIpc) is 2.67. The lowest BCUT2D eigenvalue weighted by atomic mass is 10.3. The van der Waals surface area contributed by atoms with Gasteiger partial charge in [-0.2, -0.15) is 0 Å². The fourth-order valence-electron chi connectivity index (χ4n) is 1.52. The fourth-order valence-corrected chi connectivity index (χ4v) is 1.65. The van der Waals surface area contributed by atoms with Gasteiger partial charge in [-0.25, -0.2) is 4.98 Å². The molecule has 1 aromatic carbocycles. The lowest BCUT2D eigenvalue weighted by Crippen LogP contribution is -1.87. The fraction of sp³-hybridized carbons (Fsp3) is 0.364. The summed E-state index contributed by atoms with van der Waals surface area (Å²) >= 11 is 5.64. The smallest absolute Gasteiger partial charge is 0.121 e. The van der Waals surface area contributed by atoms with E-state index in [1.54, 1.807) is 7.11 Å². The summed E-state index contributed by atoms with van der Waals surface area (Å²) in [6.07, 6.45) is 1.83. The first-order valence-corrected chi connectivity index (χ1v) is 5.45. The summed E-state index contributed by atoms with van der Waals surface area (Å²) in [6, 6.07) is 5.82. The Morgan fingerprint density at radius 1 is 1.47 bits per heavy atom. The number of alkyl halides is 1. The molecule has 80 valence electrons. The number of halogens is 1. The van der Waals surface area contributed by atoms with Gasteiger partial charge < -0.3 is 9.72 Å². The highest BCUT2D eigenvalue weighted by Gasteiger charge is 2.03. The molecule has 0 amide bonds. The van der Waals surface area contributed by atoms with Crippen molar-refractivity contribution in [2.75, 3.05) is 13.0 Å². The van der Waals surface area contributed by atoms with Crippen LogP contribution in [0.3, 0.4) is 0 Å². The van der Waals surface area contributed by atoms with Crippen LogP contribution in [0.4, 0.5) is 0 Å². The van der Waals surface area contributed by atoms with Crippen molar-refractivity contribution in [2.24, 2.45) is 0 Å². The van der Waals surface area contributed by atoms with Crippen LogP contribution < -0.4 is 4.74 Å². The molecule has 0 unspecified atom stereocenters. The Bertz CT molecular complexity index is 453. The molecule has 2 rings (SSSR count). The van der Waals surface area contributed by atoms with Crippen LogP contribution in [0.25, 0.3) is 11.0 Å². The first-order chi connectivity index (χ1) is 7.33. The van der Waals surface area contributed by atoms with Gasteiger partial charge in [0.05, 0.1) is 18.1 Å². The highest BCUT2D eigenvalue weighted by Crippen LogP contribution is 2.19. The molecule has 1 heterocycles. The zero-order valence-corrected chi connectivity index (χ0v) is 9.34. The van der Waals surface area contributed by atoms with Crippen LogP contribution in [0.15, 0.2) is 18.2 Å². The summed E-state index contributed by atoms with van der Waals surface area (Å²) in [5.74, 6) is 2.49. The van der Waals surface area contributed by atoms with Crippen LogP contribution in [0, 0.1) is 0 Å². The first-order valence-electron chi connectivity index (χ1n) is 4.92. The van der Waals surface area contributed by atoms with Crippen molar-refractivity contribution in [3.8, 4) is 5.75 Å². The Kier molecular flexibility index (Phi) is 3.11. The zero-order valence-electron chi connectivity index (χ0n) is 8.59. The normalized spacial score (nSPS) is 10.8. The summed E-state index contributed by atoms with van der Waals surface area (Å²) in [7, 11) is 1.66. The predicted octanol–water partition coefficient (Wildman–Crippen LogP) is 2.74.